The number of benzene rings is 1. The molecule has 0 atom stereocenters. The van der Waals surface area contributed by atoms with Crippen molar-refractivity contribution < 1.29 is 9.47 Å². The van der Waals surface area contributed by atoms with Gasteiger partial charge in [0.2, 0.25) is 0 Å². The van der Waals surface area contributed by atoms with Crippen molar-refractivity contribution in [2.45, 2.75) is 6.54 Å². The van der Waals surface area contributed by atoms with Crippen molar-refractivity contribution in [3.63, 3.8) is 0 Å². The molecule has 0 bridgehead atoms. The van der Waals surface area contributed by atoms with Crippen molar-refractivity contribution in [3.8, 4) is 11.5 Å². The summed E-state index contributed by atoms with van der Waals surface area (Å²) in [7, 11) is 3.28. The topological polar surface area (TPSA) is 59.2 Å². The lowest BCUT2D eigenvalue weighted by molar-refractivity contribution is 0.404. The fraction of sp³-hybridized carbons (Fsp3) is 0.250. The maximum atomic E-state index is 5.27. The van der Waals surface area contributed by atoms with Gasteiger partial charge in [0.05, 0.1) is 26.5 Å². The number of hydrogen-bond acceptors (Lipinski definition) is 4. The lowest BCUT2D eigenvalue weighted by Crippen LogP contribution is -2.03. The monoisotopic (exact) mass is 233 g/mol. The number of imidazole rings is 1. The summed E-state index contributed by atoms with van der Waals surface area (Å²) in [6, 6.07) is 5.61. The first-order valence-electron chi connectivity index (χ1n) is 5.27. The number of aromatic nitrogens is 2. The maximum Gasteiger partial charge on any atom is 0.142 e. The van der Waals surface area contributed by atoms with Gasteiger partial charge in [-0.1, -0.05) is 0 Å². The molecule has 2 N–H and O–H groups in total. The van der Waals surface area contributed by atoms with Crippen LogP contribution in [0.1, 0.15) is 5.82 Å². The van der Waals surface area contributed by atoms with E-state index < -0.39 is 0 Å². The van der Waals surface area contributed by atoms with Crippen LogP contribution in [0.15, 0.2) is 30.6 Å². The summed E-state index contributed by atoms with van der Waals surface area (Å²) in [4.78, 5) is 7.17. The van der Waals surface area contributed by atoms with Crippen LogP contribution in [0.4, 0.5) is 5.69 Å². The summed E-state index contributed by atoms with van der Waals surface area (Å²) in [5.74, 6) is 2.43. The zero-order chi connectivity index (χ0) is 12.1. The molecule has 90 valence electrons. The van der Waals surface area contributed by atoms with Crippen LogP contribution in [-0.2, 0) is 6.54 Å². The van der Waals surface area contributed by atoms with Gasteiger partial charge in [-0.15, -0.1) is 0 Å². The second kappa shape index (κ2) is 5.25. The van der Waals surface area contributed by atoms with E-state index >= 15 is 0 Å². The minimum Gasteiger partial charge on any atom is -0.497 e. The molecule has 2 aromatic rings. The van der Waals surface area contributed by atoms with Gasteiger partial charge < -0.3 is 19.8 Å². The van der Waals surface area contributed by atoms with Crippen molar-refractivity contribution >= 4 is 5.69 Å². The predicted octanol–water partition coefficient (Wildman–Crippen LogP) is 2.04. The van der Waals surface area contributed by atoms with Gasteiger partial charge in [0, 0.05) is 18.5 Å². The van der Waals surface area contributed by atoms with Gasteiger partial charge in [0.25, 0.3) is 0 Å². The van der Waals surface area contributed by atoms with Crippen LogP contribution >= 0.6 is 0 Å². The van der Waals surface area contributed by atoms with Gasteiger partial charge in [-0.05, 0) is 12.1 Å². The largest absolute Gasteiger partial charge is 0.497 e. The van der Waals surface area contributed by atoms with Crippen molar-refractivity contribution in [2.24, 2.45) is 0 Å². The molecule has 0 aliphatic rings. The Labute approximate surface area is 99.8 Å². The van der Waals surface area contributed by atoms with Gasteiger partial charge in [-0.25, -0.2) is 4.98 Å². The van der Waals surface area contributed by atoms with Gasteiger partial charge in [0.15, 0.2) is 0 Å². The van der Waals surface area contributed by atoms with Crippen LogP contribution < -0.4 is 14.8 Å². The van der Waals surface area contributed by atoms with Gasteiger partial charge in [0.1, 0.15) is 17.3 Å². The fourth-order valence-electron chi connectivity index (χ4n) is 1.53. The molecule has 17 heavy (non-hydrogen) atoms. The lowest BCUT2D eigenvalue weighted by Gasteiger charge is -2.11. The molecule has 0 unspecified atom stereocenters. The molecule has 0 spiro atoms. The van der Waals surface area contributed by atoms with Crippen LogP contribution in [0.25, 0.3) is 0 Å². The van der Waals surface area contributed by atoms with Crippen molar-refractivity contribution in [1.82, 2.24) is 9.97 Å². The van der Waals surface area contributed by atoms with Crippen LogP contribution in [0.5, 0.6) is 11.5 Å². The number of rotatable bonds is 5. The summed E-state index contributed by atoms with van der Waals surface area (Å²) < 4.78 is 10.4. The SMILES string of the molecule is COc1ccc(OC)c(NCc2ncc[nH]2)c1. The molecule has 2 rings (SSSR count). The number of methoxy groups -OCH3 is 2. The molecule has 0 aliphatic heterocycles. The Morgan fingerprint density at radius 3 is 2.82 bits per heavy atom. The van der Waals surface area contributed by atoms with E-state index in [-0.39, 0.29) is 0 Å². The third-order valence-electron chi connectivity index (χ3n) is 2.41. The normalized spacial score (nSPS) is 10.0. The minimum atomic E-state index is 0.608. The molecule has 0 fully saturated rings. The molecule has 0 amide bonds. The molecule has 1 heterocycles. The van der Waals surface area contributed by atoms with Crippen molar-refractivity contribution in [1.29, 1.82) is 0 Å². The maximum absolute atomic E-state index is 5.27. The van der Waals surface area contributed by atoms with Crippen molar-refractivity contribution in [3.05, 3.63) is 36.4 Å². The van der Waals surface area contributed by atoms with E-state index in [2.05, 4.69) is 15.3 Å². The highest BCUT2D eigenvalue weighted by molar-refractivity contribution is 5.59. The molecule has 5 heteroatoms. The summed E-state index contributed by atoms with van der Waals surface area (Å²) in [6.07, 6.45) is 3.51. The average molecular weight is 233 g/mol. The Hall–Kier alpha value is -2.17. The third-order valence-corrected chi connectivity index (χ3v) is 2.41. The number of H-pyrrole nitrogens is 1. The molecule has 1 aromatic heterocycles. The van der Waals surface area contributed by atoms with Crippen LogP contribution in [-0.4, -0.2) is 24.2 Å². The van der Waals surface area contributed by atoms with E-state index in [4.69, 9.17) is 9.47 Å². The summed E-state index contributed by atoms with van der Waals surface area (Å²) in [5, 5.41) is 3.24. The molecular formula is C12H15N3O2. The standard InChI is InChI=1S/C12H15N3O2/c1-16-9-3-4-11(17-2)10(7-9)15-8-12-13-5-6-14-12/h3-7,15H,8H2,1-2H3,(H,13,14). The quantitative estimate of drug-likeness (QED) is 0.829. The van der Waals surface area contributed by atoms with E-state index in [1.165, 1.54) is 0 Å². The summed E-state index contributed by atoms with van der Waals surface area (Å²) >= 11 is 0. The Bertz CT molecular complexity index is 469. The van der Waals surface area contributed by atoms with Crippen LogP contribution in [0, 0.1) is 0 Å². The first kappa shape index (κ1) is 11.3. The zero-order valence-electron chi connectivity index (χ0n) is 9.86. The number of ether oxygens (including phenoxy) is 2. The van der Waals surface area contributed by atoms with E-state index in [1.807, 2.05) is 18.2 Å². The Morgan fingerprint density at radius 2 is 2.18 bits per heavy atom. The fourth-order valence-corrected chi connectivity index (χ4v) is 1.53. The number of nitrogens with one attached hydrogen (secondary N) is 2. The van der Waals surface area contributed by atoms with Crippen LogP contribution in [0.3, 0.4) is 0 Å². The number of aromatic amines is 1. The Morgan fingerprint density at radius 1 is 1.29 bits per heavy atom. The molecular weight excluding hydrogens is 218 g/mol. The van der Waals surface area contributed by atoms with E-state index in [1.54, 1.807) is 26.6 Å². The van der Waals surface area contributed by atoms with E-state index in [9.17, 15) is 0 Å². The molecule has 0 aliphatic carbocycles. The lowest BCUT2D eigenvalue weighted by atomic mass is 10.2. The highest BCUT2D eigenvalue weighted by Crippen LogP contribution is 2.28. The minimum absolute atomic E-state index is 0.608. The molecule has 5 nitrogen and oxygen atoms in total. The first-order valence-corrected chi connectivity index (χ1v) is 5.27. The smallest absolute Gasteiger partial charge is 0.142 e. The van der Waals surface area contributed by atoms with E-state index in [0.717, 1.165) is 23.0 Å². The second-order valence-corrected chi connectivity index (χ2v) is 3.46. The first-order chi connectivity index (χ1) is 8.33. The number of anilines is 1. The van der Waals surface area contributed by atoms with Crippen LogP contribution in [0.2, 0.25) is 0 Å². The van der Waals surface area contributed by atoms with Gasteiger partial charge in [-0.2, -0.15) is 0 Å². The van der Waals surface area contributed by atoms with E-state index in [0.29, 0.717) is 6.54 Å². The summed E-state index contributed by atoms with van der Waals surface area (Å²) in [6.45, 7) is 0.608. The third kappa shape index (κ3) is 2.69. The molecule has 0 saturated carbocycles. The highest BCUT2D eigenvalue weighted by atomic mass is 16.5. The molecule has 1 aromatic carbocycles. The average Bonchev–Trinajstić information content (AvgIpc) is 2.89. The van der Waals surface area contributed by atoms with Crippen molar-refractivity contribution in [2.75, 3.05) is 19.5 Å². The molecule has 0 saturated heterocycles. The number of hydrogen-bond donors (Lipinski definition) is 2. The summed E-state index contributed by atoms with van der Waals surface area (Å²) in [5.41, 5.74) is 0.878. The Kier molecular flexibility index (Phi) is 3.49. The highest BCUT2D eigenvalue weighted by Gasteiger charge is 2.05. The van der Waals surface area contributed by atoms with Gasteiger partial charge in [-0.3, -0.25) is 0 Å². The number of nitrogens with zero attached hydrogens (tertiary/aromatic N) is 1. The van der Waals surface area contributed by atoms with Gasteiger partial charge >= 0.3 is 0 Å². The second-order valence-electron chi connectivity index (χ2n) is 3.46. The zero-order valence-corrected chi connectivity index (χ0v) is 9.86. The molecule has 0 radical (unpaired) electrons. The Balaban J connectivity index is 2.12. The predicted molar refractivity (Wildman–Crippen MR) is 65.5 cm³/mol.